The first kappa shape index (κ1) is 13.5. The second kappa shape index (κ2) is 5.23. The summed E-state index contributed by atoms with van der Waals surface area (Å²) in [6.07, 6.45) is 4.47. The van der Waals surface area contributed by atoms with E-state index < -0.39 is 5.97 Å². The fourth-order valence-electron chi connectivity index (χ4n) is 2.66. The highest BCUT2D eigenvalue weighted by atomic mass is 16.5. The van der Waals surface area contributed by atoms with Crippen LogP contribution in [0.3, 0.4) is 0 Å². The Kier molecular flexibility index (Phi) is 3.21. The number of carbonyl (C=O) groups excluding carboxylic acids is 1. The summed E-state index contributed by atoms with van der Waals surface area (Å²) in [7, 11) is 0. The third kappa shape index (κ3) is 2.63. The first-order chi connectivity index (χ1) is 10.7. The monoisotopic (exact) mass is 297 g/mol. The van der Waals surface area contributed by atoms with Crippen molar-refractivity contribution in [3.8, 4) is 5.69 Å². The molecule has 0 spiro atoms. The van der Waals surface area contributed by atoms with Crippen LogP contribution >= 0.6 is 0 Å². The molecule has 5 nitrogen and oxygen atoms in total. The molecule has 1 atom stereocenters. The number of benzene rings is 1. The molecule has 0 N–H and O–H groups in total. The lowest BCUT2D eigenvalue weighted by atomic mass is 10.3. The third-order valence-corrected chi connectivity index (χ3v) is 4.34. The summed E-state index contributed by atoms with van der Waals surface area (Å²) in [4.78, 5) is 16.7. The quantitative estimate of drug-likeness (QED) is 0.796. The fraction of sp³-hybridized carbons (Fsp3) is 0.471. The Hall–Kier alpha value is -2.17. The van der Waals surface area contributed by atoms with Crippen LogP contribution in [0.1, 0.15) is 55.0 Å². The Morgan fingerprint density at radius 3 is 2.59 bits per heavy atom. The number of esters is 1. The van der Waals surface area contributed by atoms with E-state index in [9.17, 15) is 4.79 Å². The lowest BCUT2D eigenvalue weighted by Gasteiger charge is -2.09. The Morgan fingerprint density at radius 1 is 1.23 bits per heavy atom. The van der Waals surface area contributed by atoms with Crippen molar-refractivity contribution >= 4 is 5.97 Å². The van der Waals surface area contributed by atoms with Crippen LogP contribution in [0, 0.1) is 5.92 Å². The van der Waals surface area contributed by atoms with Crippen LogP contribution < -0.4 is 0 Å². The first-order valence-corrected chi connectivity index (χ1v) is 7.96. The SMILES string of the molecule is CC(OC(=O)c1nc(C2CC2)n(-c2ccccc2)n1)C1CC1. The summed E-state index contributed by atoms with van der Waals surface area (Å²) in [6.45, 7) is 1.95. The van der Waals surface area contributed by atoms with Gasteiger partial charge < -0.3 is 4.74 Å². The maximum absolute atomic E-state index is 12.3. The van der Waals surface area contributed by atoms with Crippen LogP contribution in [0.4, 0.5) is 0 Å². The van der Waals surface area contributed by atoms with Gasteiger partial charge in [-0.05, 0) is 50.7 Å². The topological polar surface area (TPSA) is 57.0 Å². The van der Waals surface area contributed by atoms with Crippen molar-refractivity contribution in [3.05, 3.63) is 42.0 Å². The van der Waals surface area contributed by atoms with Gasteiger partial charge in [0.25, 0.3) is 5.82 Å². The van der Waals surface area contributed by atoms with Gasteiger partial charge in [0.05, 0.1) is 5.69 Å². The zero-order chi connectivity index (χ0) is 15.1. The van der Waals surface area contributed by atoms with Crippen molar-refractivity contribution in [2.45, 2.75) is 44.6 Å². The molecule has 1 aromatic heterocycles. The largest absolute Gasteiger partial charge is 0.456 e. The molecule has 0 saturated heterocycles. The van der Waals surface area contributed by atoms with Crippen LogP contribution in [-0.2, 0) is 4.74 Å². The molecule has 1 aromatic carbocycles. The van der Waals surface area contributed by atoms with Crippen LogP contribution in [0.15, 0.2) is 30.3 Å². The van der Waals surface area contributed by atoms with Gasteiger partial charge in [0.1, 0.15) is 11.9 Å². The second-order valence-corrected chi connectivity index (χ2v) is 6.26. The zero-order valence-corrected chi connectivity index (χ0v) is 12.6. The Labute approximate surface area is 129 Å². The number of carbonyl (C=O) groups is 1. The molecule has 2 fully saturated rings. The normalized spacial score (nSPS) is 19.0. The van der Waals surface area contributed by atoms with Crippen molar-refractivity contribution < 1.29 is 9.53 Å². The number of rotatable bonds is 5. The summed E-state index contributed by atoms with van der Waals surface area (Å²) in [6, 6.07) is 9.83. The molecule has 2 saturated carbocycles. The lowest BCUT2D eigenvalue weighted by molar-refractivity contribution is 0.0280. The van der Waals surface area contributed by atoms with Gasteiger partial charge in [-0.2, -0.15) is 0 Å². The van der Waals surface area contributed by atoms with Gasteiger partial charge in [-0.1, -0.05) is 18.2 Å². The maximum Gasteiger partial charge on any atom is 0.378 e. The number of ether oxygens (including phenoxy) is 1. The van der Waals surface area contributed by atoms with Crippen LogP contribution in [0.5, 0.6) is 0 Å². The molecule has 0 amide bonds. The molecule has 2 aliphatic rings. The standard InChI is InChI=1S/C17H19N3O2/c1-11(12-7-8-12)22-17(21)15-18-16(13-9-10-13)20(19-15)14-5-3-2-4-6-14/h2-6,11-13H,7-10H2,1H3. The molecular weight excluding hydrogens is 278 g/mol. The van der Waals surface area contributed by atoms with E-state index in [4.69, 9.17) is 4.74 Å². The summed E-state index contributed by atoms with van der Waals surface area (Å²) in [5, 5.41) is 4.41. The molecule has 2 aliphatic carbocycles. The fourth-order valence-corrected chi connectivity index (χ4v) is 2.66. The highest BCUT2D eigenvalue weighted by Crippen LogP contribution is 2.40. The number of para-hydroxylation sites is 1. The molecule has 0 aliphatic heterocycles. The van der Waals surface area contributed by atoms with E-state index >= 15 is 0 Å². The minimum atomic E-state index is -0.406. The summed E-state index contributed by atoms with van der Waals surface area (Å²) >= 11 is 0. The zero-order valence-electron chi connectivity index (χ0n) is 12.6. The van der Waals surface area contributed by atoms with Gasteiger partial charge in [-0.25, -0.2) is 14.5 Å². The van der Waals surface area contributed by atoms with E-state index in [0.29, 0.717) is 11.8 Å². The van der Waals surface area contributed by atoms with Crippen LogP contribution in [0.2, 0.25) is 0 Å². The molecule has 4 rings (SSSR count). The predicted octanol–water partition coefficient (Wildman–Crippen LogP) is 3.10. The minimum absolute atomic E-state index is 0.0412. The van der Waals surface area contributed by atoms with Gasteiger partial charge in [-0.15, -0.1) is 5.10 Å². The van der Waals surface area contributed by atoms with Gasteiger partial charge in [0.2, 0.25) is 0 Å². The van der Waals surface area contributed by atoms with Crippen molar-refractivity contribution in [2.24, 2.45) is 5.92 Å². The first-order valence-electron chi connectivity index (χ1n) is 7.96. The molecule has 0 radical (unpaired) electrons. The lowest BCUT2D eigenvalue weighted by Crippen LogP contribution is -2.18. The molecular formula is C17H19N3O2. The molecule has 2 aromatic rings. The predicted molar refractivity (Wildman–Crippen MR) is 80.9 cm³/mol. The number of hydrogen-bond donors (Lipinski definition) is 0. The highest BCUT2D eigenvalue weighted by Gasteiger charge is 2.34. The van der Waals surface area contributed by atoms with E-state index in [0.717, 1.165) is 37.2 Å². The molecule has 22 heavy (non-hydrogen) atoms. The number of hydrogen-bond acceptors (Lipinski definition) is 4. The van der Waals surface area contributed by atoms with E-state index in [1.54, 1.807) is 4.68 Å². The van der Waals surface area contributed by atoms with Crippen molar-refractivity contribution in [3.63, 3.8) is 0 Å². The van der Waals surface area contributed by atoms with Crippen molar-refractivity contribution in [2.75, 3.05) is 0 Å². The smallest absolute Gasteiger partial charge is 0.378 e. The van der Waals surface area contributed by atoms with E-state index in [1.165, 1.54) is 0 Å². The summed E-state index contributed by atoms with van der Waals surface area (Å²) in [5.41, 5.74) is 0.936. The molecule has 0 bridgehead atoms. The van der Waals surface area contributed by atoms with Crippen molar-refractivity contribution in [1.29, 1.82) is 0 Å². The molecule has 5 heteroatoms. The highest BCUT2D eigenvalue weighted by molar-refractivity contribution is 5.85. The number of aromatic nitrogens is 3. The van der Waals surface area contributed by atoms with Gasteiger partial charge >= 0.3 is 5.97 Å². The van der Waals surface area contributed by atoms with Crippen LogP contribution in [-0.4, -0.2) is 26.8 Å². The number of nitrogens with zero attached hydrogens (tertiary/aromatic N) is 3. The Morgan fingerprint density at radius 2 is 1.95 bits per heavy atom. The van der Waals surface area contributed by atoms with Crippen molar-refractivity contribution in [1.82, 2.24) is 14.8 Å². The molecule has 1 heterocycles. The van der Waals surface area contributed by atoms with Gasteiger partial charge in [0.15, 0.2) is 0 Å². The Bertz CT molecular complexity index is 687. The second-order valence-electron chi connectivity index (χ2n) is 6.26. The van der Waals surface area contributed by atoms with E-state index in [-0.39, 0.29) is 11.9 Å². The summed E-state index contributed by atoms with van der Waals surface area (Å²) in [5.74, 6) is 1.57. The molecule has 114 valence electrons. The van der Waals surface area contributed by atoms with Crippen LogP contribution in [0.25, 0.3) is 5.69 Å². The summed E-state index contributed by atoms with van der Waals surface area (Å²) < 4.78 is 7.28. The molecule has 1 unspecified atom stereocenters. The Balaban J connectivity index is 1.62. The maximum atomic E-state index is 12.3. The minimum Gasteiger partial charge on any atom is -0.456 e. The average molecular weight is 297 g/mol. The van der Waals surface area contributed by atoms with E-state index in [2.05, 4.69) is 10.1 Å². The average Bonchev–Trinajstić information content (AvgIpc) is 3.45. The third-order valence-electron chi connectivity index (χ3n) is 4.34. The van der Waals surface area contributed by atoms with Gasteiger partial charge in [0, 0.05) is 5.92 Å². The van der Waals surface area contributed by atoms with Gasteiger partial charge in [-0.3, -0.25) is 0 Å². The van der Waals surface area contributed by atoms with E-state index in [1.807, 2.05) is 37.3 Å².